The van der Waals surface area contributed by atoms with E-state index in [9.17, 15) is 9.90 Å². The second-order valence-corrected chi connectivity index (χ2v) is 12.1. The van der Waals surface area contributed by atoms with E-state index in [-0.39, 0.29) is 22.9 Å². The summed E-state index contributed by atoms with van der Waals surface area (Å²) in [7, 11) is 0. The van der Waals surface area contributed by atoms with Crippen molar-refractivity contribution in [2.24, 2.45) is 5.41 Å². The van der Waals surface area contributed by atoms with Gasteiger partial charge in [-0.25, -0.2) is 14.8 Å². The zero-order valence-corrected chi connectivity index (χ0v) is 20.2. The Balaban J connectivity index is 1.64. The summed E-state index contributed by atoms with van der Waals surface area (Å²) < 4.78 is 6.93. The molecule has 1 amide bonds. The van der Waals surface area contributed by atoms with Gasteiger partial charge >= 0.3 is 6.09 Å². The summed E-state index contributed by atoms with van der Waals surface area (Å²) in [5.74, 6) is 2.25. The van der Waals surface area contributed by atoms with Crippen LogP contribution in [0, 0.1) is 5.41 Å². The Labute approximate surface area is 186 Å². The van der Waals surface area contributed by atoms with Crippen molar-refractivity contribution in [2.75, 3.05) is 11.9 Å². The highest BCUT2D eigenvalue weighted by molar-refractivity contribution is 8.00. The van der Waals surface area contributed by atoms with Crippen LogP contribution < -0.4 is 5.32 Å². The van der Waals surface area contributed by atoms with Gasteiger partial charge in [0.15, 0.2) is 5.13 Å². The fourth-order valence-corrected chi connectivity index (χ4v) is 5.63. The first kappa shape index (κ1) is 22.9. The summed E-state index contributed by atoms with van der Waals surface area (Å²) in [6.07, 6.45) is 4.59. The van der Waals surface area contributed by atoms with Crippen LogP contribution in [0.15, 0.2) is 21.0 Å². The first-order valence-electron chi connectivity index (χ1n) is 10.2. The van der Waals surface area contributed by atoms with Crippen LogP contribution in [-0.4, -0.2) is 44.7 Å². The van der Waals surface area contributed by atoms with Crippen LogP contribution in [0.5, 0.6) is 0 Å². The lowest BCUT2D eigenvalue weighted by molar-refractivity contribution is 0.0519. The quantitative estimate of drug-likeness (QED) is 0.563. The van der Waals surface area contributed by atoms with Crippen molar-refractivity contribution in [1.82, 2.24) is 14.9 Å². The number of aromatic nitrogens is 2. The number of likely N-dealkylation sites (tertiary alicyclic amines) is 1. The standard InChI is InChI=1S/C21H32N4O3S2/c1-20(2,3)14-10-22-15(28-14)12-29-16-11-23-18(30-16)24-13-8-7-9-25(19(26)27)17(13)21(4,5)6/h10-11,13,17H,7-9,12H2,1-6H3,(H,23,24)(H,26,27). The van der Waals surface area contributed by atoms with E-state index in [1.807, 2.05) is 6.20 Å². The third-order valence-electron chi connectivity index (χ3n) is 5.19. The first-order valence-corrected chi connectivity index (χ1v) is 12.1. The van der Waals surface area contributed by atoms with Crippen LogP contribution in [0.4, 0.5) is 9.93 Å². The molecule has 2 N–H and O–H groups in total. The number of nitrogens with zero attached hydrogens (tertiary/aromatic N) is 3. The average Bonchev–Trinajstić information content (AvgIpc) is 3.27. The average molecular weight is 453 g/mol. The molecule has 2 aromatic heterocycles. The Morgan fingerprint density at radius 2 is 2.03 bits per heavy atom. The second-order valence-electron chi connectivity index (χ2n) is 9.82. The maximum Gasteiger partial charge on any atom is 0.407 e. The van der Waals surface area contributed by atoms with Crippen molar-refractivity contribution in [2.45, 2.75) is 81.8 Å². The Bertz CT molecular complexity index is 866. The molecule has 0 spiro atoms. The molecular weight excluding hydrogens is 420 g/mol. The fraction of sp³-hybridized carbons (Fsp3) is 0.667. The highest BCUT2D eigenvalue weighted by Crippen LogP contribution is 2.36. The molecule has 3 heterocycles. The topological polar surface area (TPSA) is 91.5 Å². The summed E-state index contributed by atoms with van der Waals surface area (Å²) in [6, 6.07) is -0.0631. The number of carboxylic acid groups (broad SMARTS) is 1. The molecule has 2 atom stereocenters. The van der Waals surface area contributed by atoms with Crippen molar-refractivity contribution in [3.63, 3.8) is 0 Å². The normalized spacial score (nSPS) is 20.4. The van der Waals surface area contributed by atoms with Crippen molar-refractivity contribution in [3.8, 4) is 0 Å². The lowest BCUT2D eigenvalue weighted by Gasteiger charge is -2.46. The maximum absolute atomic E-state index is 11.8. The minimum atomic E-state index is -0.850. The molecule has 9 heteroatoms. The number of thioether (sulfide) groups is 1. The smallest absolute Gasteiger partial charge is 0.407 e. The summed E-state index contributed by atoms with van der Waals surface area (Å²) in [5.41, 5.74) is -0.216. The number of oxazole rings is 1. The number of hydrogen-bond donors (Lipinski definition) is 2. The molecule has 1 saturated heterocycles. The molecule has 2 unspecified atom stereocenters. The molecule has 0 radical (unpaired) electrons. The largest absolute Gasteiger partial charge is 0.465 e. The number of anilines is 1. The molecule has 0 aliphatic carbocycles. The molecule has 30 heavy (non-hydrogen) atoms. The van der Waals surface area contributed by atoms with Gasteiger partial charge in [0.2, 0.25) is 5.89 Å². The van der Waals surface area contributed by atoms with Crippen LogP contribution in [0.3, 0.4) is 0 Å². The predicted molar refractivity (Wildman–Crippen MR) is 121 cm³/mol. The number of rotatable bonds is 5. The SMILES string of the molecule is CC(C)(C)c1cnc(CSc2cnc(NC3CCCN(C(=O)O)C3C(C)(C)C)s2)o1. The zero-order chi connectivity index (χ0) is 22.1. The number of piperidine rings is 1. The molecule has 0 aromatic carbocycles. The number of hydrogen-bond acceptors (Lipinski definition) is 7. The van der Waals surface area contributed by atoms with Crippen LogP contribution in [0.1, 0.15) is 66.0 Å². The van der Waals surface area contributed by atoms with Gasteiger partial charge in [0.1, 0.15) is 5.76 Å². The lowest BCUT2D eigenvalue weighted by atomic mass is 9.78. The Kier molecular flexibility index (Phi) is 6.72. The molecule has 2 aromatic rings. The Hall–Kier alpha value is -1.74. The van der Waals surface area contributed by atoms with E-state index in [0.29, 0.717) is 18.2 Å². The summed E-state index contributed by atoms with van der Waals surface area (Å²) >= 11 is 3.23. The Morgan fingerprint density at radius 1 is 1.30 bits per heavy atom. The van der Waals surface area contributed by atoms with Gasteiger partial charge in [0, 0.05) is 18.0 Å². The summed E-state index contributed by atoms with van der Waals surface area (Å²) in [5, 5.41) is 14.0. The lowest BCUT2D eigenvalue weighted by Crippen LogP contribution is -2.58. The Morgan fingerprint density at radius 3 is 2.63 bits per heavy atom. The van der Waals surface area contributed by atoms with Crippen molar-refractivity contribution >= 4 is 34.3 Å². The van der Waals surface area contributed by atoms with E-state index in [2.05, 4.69) is 56.8 Å². The molecule has 1 fully saturated rings. The first-order chi connectivity index (χ1) is 13.9. The van der Waals surface area contributed by atoms with Crippen molar-refractivity contribution < 1.29 is 14.3 Å². The molecule has 1 aliphatic heterocycles. The van der Waals surface area contributed by atoms with Gasteiger partial charge in [-0.15, -0.1) is 11.8 Å². The molecule has 7 nitrogen and oxygen atoms in total. The monoisotopic (exact) mass is 452 g/mol. The molecule has 0 bridgehead atoms. The van der Waals surface area contributed by atoms with Crippen LogP contribution in [-0.2, 0) is 11.2 Å². The zero-order valence-electron chi connectivity index (χ0n) is 18.6. The fourth-order valence-electron chi connectivity index (χ4n) is 3.84. The van der Waals surface area contributed by atoms with Crippen LogP contribution >= 0.6 is 23.1 Å². The highest BCUT2D eigenvalue weighted by Gasteiger charge is 2.42. The third-order valence-corrected chi connectivity index (χ3v) is 7.30. The third kappa shape index (κ3) is 5.49. The van der Waals surface area contributed by atoms with Gasteiger partial charge in [-0.3, -0.25) is 0 Å². The van der Waals surface area contributed by atoms with Crippen LogP contribution in [0.2, 0.25) is 0 Å². The van der Waals surface area contributed by atoms with E-state index >= 15 is 0 Å². The van der Waals surface area contributed by atoms with Crippen LogP contribution in [0.25, 0.3) is 0 Å². The molecule has 3 rings (SSSR count). The van der Waals surface area contributed by atoms with E-state index in [0.717, 1.165) is 27.9 Å². The molecular formula is C21H32N4O3S2. The van der Waals surface area contributed by atoms with Gasteiger partial charge in [0.05, 0.1) is 28.4 Å². The summed E-state index contributed by atoms with van der Waals surface area (Å²) in [6.45, 7) is 13.2. The minimum Gasteiger partial charge on any atom is -0.465 e. The predicted octanol–water partition coefficient (Wildman–Crippen LogP) is 5.69. The summed E-state index contributed by atoms with van der Waals surface area (Å²) in [4.78, 5) is 22.3. The van der Waals surface area contributed by atoms with Gasteiger partial charge < -0.3 is 19.7 Å². The van der Waals surface area contributed by atoms with Gasteiger partial charge in [-0.2, -0.15) is 0 Å². The van der Waals surface area contributed by atoms with Gasteiger partial charge in [-0.05, 0) is 18.3 Å². The van der Waals surface area contributed by atoms with E-state index < -0.39 is 6.09 Å². The molecule has 166 valence electrons. The maximum atomic E-state index is 11.8. The molecule has 1 aliphatic rings. The molecule has 0 saturated carbocycles. The van der Waals surface area contributed by atoms with Gasteiger partial charge in [-0.1, -0.05) is 52.9 Å². The van der Waals surface area contributed by atoms with Crippen molar-refractivity contribution in [1.29, 1.82) is 0 Å². The van der Waals surface area contributed by atoms with Crippen molar-refractivity contribution in [3.05, 3.63) is 24.0 Å². The minimum absolute atomic E-state index is 0.0416. The number of thiazole rings is 1. The highest BCUT2D eigenvalue weighted by atomic mass is 32.2. The van der Waals surface area contributed by atoms with E-state index in [1.54, 1.807) is 34.2 Å². The number of amides is 1. The number of nitrogens with one attached hydrogen (secondary N) is 1. The van der Waals surface area contributed by atoms with Gasteiger partial charge in [0.25, 0.3) is 0 Å². The van der Waals surface area contributed by atoms with E-state index in [1.165, 1.54) is 0 Å². The van der Waals surface area contributed by atoms with E-state index in [4.69, 9.17) is 4.42 Å². The number of carbonyl (C=O) groups is 1. The second kappa shape index (κ2) is 8.78.